The summed E-state index contributed by atoms with van der Waals surface area (Å²) in [4.78, 5) is 27.2. The third-order valence-electron chi connectivity index (χ3n) is 5.48. The zero-order valence-corrected chi connectivity index (χ0v) is 20.8. The number of fused-ring (bicyclic) bond motifs is 1. The highest BCUT2D eigenvalue weighted by atomic mass is 35.5. The van der Waals surface area contributed by atoms with Gasteiger partial charge in [-0.2, -0.15) is 5.10 Å². The lowest BCUT2D eigenvalue weighted by atomic mass is 10.0. The van der Waals surface area contributed by atoms with Crippen LogP contribution in [0, 0.1) is 13.8 Å². The maximum atomic E-state index is 13.1. The number of carbonyl (C=O) groups is 2. The monoisotopic (exact) mass is 481 g/mol. The Labute approximate surface area is 204 Å². The number of nitrogens with zero attached hydrogens (tertiary/aromatic N) is 3. The van der Waals surface area contributed by atoms with Crippen LogP contribution in [0.1, 0.15) is 48.1 Å². The molecule has 0 radical (unpaired) electrons. The first-order chi connectivity index (χ1) is 16.0. The number of anilines is 1. The number of halogens is 1. The molecule has 0 saturated carbocycles. The van der Waals surface area contributed by atoms with E-state index in [2.05, 4.69) is 5.10 Å². The molecule has 4 rings (SSSR count). The second kappa shape index (κ2) is 9.14. The molecule has 0 fully saturated rings. The number of aromatic nitrogens is 2. The zero-order chi connectivity index (χ0) is 24.6. The van der Waals surface area contributed by atoms with Crippen LogP contribution in [0.5, 0.6) is 5.75 Å². The Morgan fingerprint density at radius 2 is 1.91 bits per heavy atom. The molecule has 0 spiro atoms. The summed E-state index contributed by atoms with van der Waals surface area (Å²) in [5.74, 6) is 0.530. The summed E-state index contributed by atoms with van der Waals surface area (Å²) in [7, 11) is 0. The van der Waals surface area contributed by atoms with Gasteiger partial charge in [-0.05, 0) is 64.4 Å². The van der Waals surface area contributed by atoms with Crippen LogP contribution in [0.25, 0.3) is 5.69 Å². The first-order valence-corrected chi connectivity index (χ1v) is 11.5. The van der Waals surface area contributed by atoms with Gasteiger partial charge in [0, 0.05) is 12.0 Å². The predicted molar refractivity (Wildman–Crippen MR) is 132 cm³/mol. The minimum Gasteiger partial charge on any atom is -0.490 e. The number of aryl methyl sites for hydroxylation is 1. The Hall–Kier alpha value is -3.32. The number of hydrogen-bond donors (Lipinski definition) is 0. The molecule has 0 aliphatic carbocycles. The average molecular weight is 482 g/mol. The molecule has 178 valence electrons. The molecule has 0 unspecified atom stereocenters. The normalized spacial score (nSPS) is 13.3. The van der Waals surface area contributed by atoms with Gasteiger partial charge in [-0.1, -0.05) is 29.8 Å². The predicted octanol–water partition coefficient (Wildman–Crippen LogP) is 5.70. The van der Waals surface area contributed by atoms with Crippen LogP contribution < -0.4 is 9.64 Å². The molecule has 8 heteroatoms. The number of carbonyl (C=O) groups excluding carboxylic acids is 2. The van der Waals surface area contributed by atoms with Crippen molar-refractivity contribution in [2.24, 2.45) is 0 Å². The number of ether oxygens (including phenoxy) is 2. The molecule has 7 nitrogen and oxygen atoms in total. The van der Waals surface area contributed by atoms with Gasteiger partial charge in [0.15, 0.2) is 5.78 Å². The van der Waals surface area contributed by atoms with E-state index >= 15 is 0 Å². The maximum absolute atomic E-state index is 13.1. The van der Waals surface area contributed by atoms with Gasteiger partial charge in [0.2, 0.25) is 0 Å². The van der Waals surface area contributed by atoms with E-state index in [0.29, 0.717) is 35.2 Å². The number of rotatable bonds is 4. The molecule has 2 heterocycles. The van der Waals surface area contributed by atoms with E-state index in [1.807, 2.05) is 65.0 Å². The molecule has 0 saturated heterocycles. The summed E-state index contributed by atoms with van der Waals surface area (Å²) in [6, 6.07) is 12.8. The van der Waals surface area contributed by atoms with Crippen molar-refractivity contribution in [2.45, 2.75) is 46.6 Å². The number of hydrogen-bond acceptors (Lipinski definition) is 5. The van der Waals surface area contributed by atoms with Gasteiger partial charge in [-0.3, -0.25) is 9.69 Å². The van der Waals surface area contributed by atoms with Crippen molar-refractivity contribution < 1.29 is 19.1 Å². The van der Waals surface area contributed by atoms with Crippen molar-refractivity contribution in [3.05, 3.63) is 70.0 Å². The van der Waals surface area contributed by atoms with Gasteiger partial charge in [0.05, 0.1) is 34.3 Å². The third kappa shape index (κ3) is 4.94. The Morgan fingerprint density at radius 1 is 1.15 bits per heavy atom. The van der Waals surface area contributed by atoms with Crippen LogP contribution in [0.2, 0.25) is 5.02 Å². The quantitative estimate of drug-likeness (QED) is 0.447. The van der Waals surface area contributed by atoms with Crippen molar-refractivity contribution in [2.75, 3.05) is 18.1 Å². The number of Topliss-reactive ketones (excluding diaryl/α,β-unsaturated/α-hetero) is 1. The highest BCUT2D eigenvalue weighted by Gasteiger charge is 2.28. The van der Waals surface area contributed by atoms with Gasteiger partial charge in [0.25, 0.3) is 0 Å². The van der Waals surface area contributed by atoms with E-state index in [0.717, 1.165) is 22.6 Å². The van der Waals surface area contributed by atoms with Crippen molar-refractivity contribution in [1.29, 1.82) is 0 Å². The highest BCUT2D eigenvalue weighted by Crippen LogP contribution is 2.34. The molecule has 1 amide bonds. The number of benzene rings is 2. The smallest absolute Gasteiger partial charge is 0.415 e. The zero-order valence-electron chi connectivity index (χ0n) is 20.0. The van der Waals surface area contributed by atoms with Crippen LogP contribution in [-0.4, -0.2) is 40.4 Å². The summed E-state index contributed by atoms with van der Waals surface area (Å²) in [6.07, 6.45) is -0.216. The number of amides is 1. The van der Waals surface area contributed by atoms with E-state index in [1.54, 1.807) is 21.7 Å². The van der Waals surface area contributed by atoms with Crippen LogP contribution in [-0.2, 0) is 11.2 Å². The Bertz CT molecular complexity index is 1260. The fraction of sp³-hybridized carbons (Fsp3) is 0.346. The molecule has 0 atom stereocenters. The molecule has 34 heavy (non-hydrogen) atoms. The fourth-order valence-corrected chi connectivity index (χ4v) is 3.97. The van der Waals surface area contributed by atoms with Gasteiger partial charge in [0.1, 0.15) is 18.0 Å². The van der Waals surface area contributed by atoms with Gasteiger partial charge >= 0.3 is 6.09 Å². The Balaban J connectivity index is 1.53. The van der Waals surface area contributed by atoms with E-state index < -0.39 is 11.7 Å². The van der Waals surface area contributed by atoms with Crippen LogP contribution in [0.4, 0.5) is 10.5 Å². The highest BCUT2D eigenvalue weighted by molar-refractivity contribution is 6.31. The molecule has 1 aliphatic rings. The fourth-order valence-electron chi connectivity index (χ4n) is 3.85. The molecule has 1 aliphatic heterocycles. The SMILES string of the molecule is Cc1nn(-c2cccc(C(=O)Cc3ccc4c(c3)OCCN4C(=O)OC(C)(C)C)c2)c(C)c1Cl. The summed E-state index contributed by atoms with van der Waals surface area (Å²) in [6.45, 7) is 10.0. The van der Waals surface area contributed by atoms with E-state index in [4.69, 9.17) is 21.1 Å². The second-order valence-corrected chi connectivity index (χ2v) is 9.71. The van der Waals surface area contributed by atoms with Gasteiger partial charge in [-0.25, -0.2) is 9.48 Å². The van der Waals surface area contributed by atoms with E-state index in [9.17, 15) is 9.59 Å². The van der Waals surface area contributed by atoms with Crippen molar-refractivity contribution >= 4 is 29.2 Å². The lowest BCUT2D eigenvalue weighted by molar-refractivity contribution is 0.0567. The summed E-state index contributed by atoms with van der Waals surface area (Å²) < 4.78 is 13.0. The molecule has 2 aromatic carbocycles. The summed E-state index contributed by atoms with van der Waals surface area (Å²) in [5, 5.41) is 5.09. The largest absolute Gasteiger partial charge is 0.490 e. The molecule has 1 aromatic heterocycles. The first-order valence-electron chi connectivity index (χ1n) is 11.1. The second-order valence-electron chi connectivity index (χ2n) is 9.33. The maximum Gasteiger partial charge on any atom is 0.415 e. The van der Waals surface area contributed by atoms with Crippen LogP contribution in [0.3, 0.4) is 0 Å². The minimum absolute atomic E-state index is 0.0331. The third-order valence-corrected chi connectivity index (χ3v) is 6.03. The molecule has 3 aromatic rings. The van der Waals surface area contributed by atoms with E-state index in [1.165, 1.54) is 0 Å². The average Bonchev–Trinajstić information content (AvgIpc) is 3.04. The summed E-state index contributed by atoms with van der Waals surface area (Å²) >= 11 is 6.28. The Morgan fingerprint density at radius 3 is 2.59 bits per heavy atom. The molecule has 0 N–H and O–H groups in total. The van der Waals surface area contributed by atoms with Gasteiger partial charge in [-0.15, -0.1) is 0 Å². The van der Waals surface area contributed by atoms with Gasteiger partial charge < -0.3 is 9.47 Å². The standard InChI is InChI=1S/C26H28ClN3O4/c1-16-24(27)17(2)30(28-16)20-8-6-7-19(15-20)22(31)13-18-9-10-21-23(14-18)33-12-11-29(21)25(32)34-26(3,4)5/h6-10,14-15H,11-13H2,1-5H3. The molecular formula is C26H28ClN3O4. The lowest BCUT2D eigenvalue weighted by Gasteiger charge is -2.31. The summed E-state index contributed by atoms with van der Waals surface area (Å²) in [5.41, 5.74) is 3.77. The molecular weight excluding hydrogens is 454 g/mol. The van der Waals surface area contributed by atoms with Crippen molar-refractivity contribution in [3.63, 3.8) is 0 Å². The van der Waals surface area contributed by atoms with Crippen LogP contribution >= 0.6 is 11.6 Å². The number of ketones is 1. The van der Waals surface area contributed by atoms with Crippen molar-refractivity contribution in [1.82, 2.24) is 9.78 Å². The van der Waals surface area contributed by atoms with Crippen LogP contribution in [0.15, 0.2) is 42.5 Å². The minimum atomic E-state index is -0.588. The topological polar surface area (TPSA) is 73.7 Å². The Kier molecular flexibility index (Phi) is 6.41. The first kappa shape index (κ1) is 23.8. The lowest BCUT2D eigenvalue weighted by Crippen LogP contribution is -2.41. The van der Waals surface area contributed by atoms with E-state index in [-0.39, 0.29) is 12.2 Å². The van der Waals surface area contributed by atoms with Crippen molar-refractivity contribution in [3.8, 4) is 11.4 Å². The molecule has 0 bridgehead atoms.